The molecule has 0 amide bonds. The Morgan fingerprint density at radius 3 is 2.65 bits per heavy atom. The van der Waals surface area contributed by atoms with Gasteiger partial charge in [-0.15, -0.1) is 0 Å². The molecule has 4 rings (SSSR count). The van der Waals surface area contributed by atoms with Crippen LogP contribution in [0.3, 0.4) is 0 Å². The molecular formula is C17H22O6. The fourth-order valence-electron chi connectivity index (χ4n) is 5.41. The highest BCUT2D eigenvalue weighted by Crippen LogP contribution is 2.72. The number of epoxide rings is 1. The standard InChI is InChI=1S/C17H22O6/c1-8-4-11-16(6-18,13(21)12(8)20)15(3)5-10(9(2)19)14(23-11)17(15)7-22-17/h4,10-11,13-14,18,21H,5-7H2,1-3H3/t10-,11+,13+,14-,15+,16+,17?/m1/s1. The van der Waals surface area contributed by atoms with E-state index in [0.717, 1.165) is 0 Å². The molecule has 1 unspecified atom stereocenters. The summed E-state index contributed by atoms with van der Waals surface area (Å²) >= 11 is 0. The molecule has 0 aromatic rings. The lowest BCUT2D eigenvalue weighted by atomic mass is 9.50. The first kappa shape index (κ1) is 15.4. The molecule has 2 saturated heterocycles. The number of ketones is 2. The van der Waals surface area contributed by atoms with Crippen molar-refractivity contribution in [2.24, 2.45) is 16.7 Å². The summed E-state index contributed by atoms with van der Waals surface area (Å²) in [7, 11) is 0. The molecule has 7 atom stereocenters. The number of carbonyl (C=O) groups is 2. The van der Waals surface area contributed by atoms with Gasteiger partial charge >= 0.3 is 0 Å². The van der Waals surface area contributed by atoms with Crippen LogP contribution in [0.5, 0.6) is 0 Å². The number of aliphatic hydroxyl groups is 2. The minimum absolute atomic E-state index is 0.0156. The van der Waals surface area contributed by atoms with Gasteiger partial charge < -0.3 is 19.7 Å². The Hall–Kier alpha value is -1.08. The molecule has 2 heterocycles. The van der Waals surface area contributed by atoms with Crippen molar-refractivity contribution >= 4 is 11.6 Å². The van der Waals surface area contributed by atoms with Gasteiger partial charge in [0.05, 0.1) is 30.8 Å². The highest BCUT2D eigenvalue weighted by Gasteiger charge is 2.83. The molecule has 2 aliphatic carbocycles. The normalized spacial score (nSPS) is 54.0. The third-order valence-corrected chi connectivity index (χ3v) is 6.98. The van der Waals surface area contributed by atoms with Gasteiger partial charge in [0.1, 0.15) is 17.5 Å². The van der Waals surface area contributed by atoms with Crippen LogP contribution >= 0.6 is 0 Å². The molecule has 6 nitrogen and oxygen atoms in total. The summed E-state index contributed by atoms with van der Waals surface area (Å²) in [4.78, 5) is 24.5. The monoisotopic (exact) mass is 322 g/mol. The third-order valence-electron chi connectivity index (χ3n) is 6.98. The number of carbonyl (C=O) groups excluding carboxylic acids is 2. The van der Waals surface area contributed by atoms with Crippen molar-refractivity contribution in [3.63, 3.8) is 0 Å². The van der Waals surface area contributed by atoms with Crippen molar-refractivity contribution < 1.29 is 29.3 Å². The second kappa shape index (κ2) is 4.30. The molecular weight excluding hydrogens is 300 g/mol. The topological polar surface area (TPSA) is 96.4 Å². The lowest BCUT2D eigenvalue weighted by molar-refractivity contribution is -0.242. The zero-order valence-electron chi connectivity index (χ0n) is 13.5. The van der Waals surface area contributed by atoms with Gasteiger partial charge in [-0.3, -0.25) is 9.59 Å². The largest absolute Gasteiger partial charge is 0.396 e. The predicted molar refractivity (Wildman–Crippen MR) is 78.5 cm³/mol. The molecule has 0 aromatic carbocycles. The Morgan fingerprint density at radius 2 is 2.13 bits per heavy atom. The van der Waals surface area contributed by atoms with E-state index in [-0.39, 0.29) is 23.6 Å². The number of hydrogen-bond acceptors (Lipinski definition) is 6. The highest BCUT2D eigenvalue weighted by molar-refractivity contribution is 6.00. The van der Waals surface area contributed by atoms with Crippen molar-refractivity contribution in [2.45, 2.75) is 51.1 Å². The molecule has 6 heteroatoms. The van der Waals surface area contributed by atoms with Crippen LogP contribution in [0.15, 0.2) is 11.6 Å². The van der Waals surface area contributed by atoms with Crippen LogP contribution in [0.2, 0.25) is 0 Å². The first-order chi connectivity index (χ1) is 10.7. The van der Waals surface area contributed by atoms with Crippen molar-refractivity contribution in [3.8, 4) is 0 Å². The Bertz CT molecular complexity index is 635. The number of hydrogen-bond donors (Lipinski definition) is 2. The van der Waals surface area contributed by atoms with Crippen LogP contribution in [0, 0.1) is 16.7 Å². The van der Waals surface area contributed by atoms with Gasteiger partial charge in [-0.2, -0.15) is 0 Å². The average Bonchev–Trinajstić information content (AvgIpc) is 3.26. The summed E-state index contributed by atoms with van der Waals surface area (Å²) < 4.78 is 11.9. The van der Waals surface area contributed by atoms with Crippen molar-refractivity contribution in [2.75, 3.05) is 13.2 Å². The molecule has 23 heavy (non-hydrogen) atoms. The highest BCUT2D eigenvalue weighted by atomic mass is 16.6. The molecule has 0 radical (unpaired) electrons. The Balaban J connectivity index is 1.93. The van der Waals surface area contributed by atoms with Gasteiger partial charge in [-0.25, -0.2) is 0 Å². The predicted octanol–water partition coefficient (Wildman–Crippen LogP) is 0.00660. The molecule has 2 N–H and O–H groups in total. The molecule has 1 spiro atoms. The minimum atomic E-state index is -1.36. The maximum Gasteiger partial charge on any atom is 0.187 e. The summed E-state index contributed by atoms with van der Waals surface area (Å²) in [5.74, 6) is -0.713. The van der Waals surface area contributed by atoms with Crippen molar-refractivity contribution in [1.82, 2.24) is 0 Å². The molecule has 1 saturated carbocycles. The van der Waals surface area contributed by atoms with Crippen LogP contribution in [-0.2, 0) is 19.1 Å². The molecule has 2 aliphatic heterocycles. The van der Waals surface area contributed by atoms with E-state index in [1.165, 1.54) is 6.92 Å². The van der Waals surface area contributed by atoms with E-state index in [9.17, 15) is 19.8 Å². The zero-order chi connectivity index (χ0) is 16.8. The van der Waals surface area contributed by atoms with Crippen LogP contribution < -0.4 is 0 Å². The lowest BCUT2D eigenvalue weighted by Gasteiger charge is -2.58. The van der Waals surface area contributed by atoms with E-state index in [1.807, 2.05) is 6.92 Å². The lowest BCUT2D eigenvalue weighted by Crippen LogP contribution is -2.70. The summed E-state index contributed by atoms with van der Waals surface area (Å²) in [6.07, 6.45) is -0.219. The molecule has 2 bridgehead atoms. The third kappa shape index (κ3) is 1.45. The maximum atomic E-state index is 12.4. The first-order valence-electron chi connectivity index (χ1n) is 8.06. The van der Waals surface area contributed by atoms with E-state index in [4.69, 9.17) is 9.47 Å². The summed E-state index contributed by atoms with van der Waals surface area (Å²) in [6.45, 7) is 5.13. The van der Waals surface area contributed by atoms with E-state index in [0.29, 0.717) is 18.6 Å². The first-order valence-corrected chi connectivity index (χ1v) is 8.06. The summed E-state index contributed by atoms with van der Waals surface area (Å²) in [5.41, 5.74) is -2.14. The van der Waals surface area contributed by atoms with E-state index >= 15 is 0 Å². The van der Waals surface area contributed by atoms with Gasteiger partial charge in [0.25, 0.3) is 0 Å². The number of aliphatic hydroxyl groups excluding tert-OH is 2. The van der Waals surface area contributed by atoms with Crippen LogP contribution in [-0.4, -0.2) is 58.9 Å². The quantitative estimate of drug-likeness (QED) is 0.695. The Labute approximate surface area is 134 Å². The van der Waals surface area contributed by atoms with Gasteiger partial charge in [-0.1, -0.05) is 6.92 Å². The Morgan fingerprint density at radius 1 is 1.48 bits per heavy atom. The SMILES string of the molecule is CC(=O)[C@H]1C[C@]2(C)C3(CO3)[C@@H]1O[C@H]1C=C(C)C(=O)[C@H](O)[C@]12CO. The fourth-order valence-corrected chi connectivity index (χ4v) is 5.41. The summed E-state index contributed by atoms with van der Waals surface area (Å²) in [6, 6.07) is 0. The molecule has 4 aliphatic rings. The fraction of sp³-hybridized carbons (Fsp3) is 0.765. The van der Waals surface area contributed by atoms with Crippen LogP contribution in [0.4, 0.5) is 0 Å². The smallest absolute Gasteiger partial charge is 0.187 e. The number of rotatable bonds is 2. The van der Waals surface area contributed by atoms with Gasteiger partial charge in [0, 0.05) is 11.3 Å². The molecule has 0 aromatic heterocycles. The van der Waals surface area contributed by atoms with Gasteiger partial charge in [0.15, 0.2) is 5.78 Å². The molecule has 3 fully saturated rings. The van der Waals surface area contributed by atoms with Gasteiger partial charge in [0.2, 0.25) is 0 Å². The van der Waals surface area contributed by atoms with E-state index < -0.39 is 35.2 Å². The van der Waals surface area contributed by atoms with E-state index in [1.54, 1.807) is 13.0 Å². The van der Waals surface area contributed by atoms with Gasteiger partial charge in [-0.05, 0) is 31.9 Å². The number of fused-ring (bicyclic) bond motifs is 2. The second-order valence-electron chi connectivity index (χ2n) is 7.72. The minimum Gasteiger partial charge on any atom is -0.396 e. The number of Topliss-reactive ketones (excluding diaryl/α,β-unsaturated/α-hetero) is 2. The average molecular weight is 322 g/mol. The van der Waals surface area contributed by atoms with Crippen molar-refractivity contribution in [1.29, 1.82) is 0 Å². The zero-order valence-corrected chi connectivity index (χ0v) is 13.5. The maximum absolute atomic E-state index is 12.4. The van der Waals surface area contributed by atoms with Crippen molar-refractivity contribution in [3.05, 3.63) is 11.6 Å². The second-order valence-corrected chi connectivity index (χ2v) is 7.72. The molecule has 126 valence electrons. The summed E-state index contributed by atoms with van der Waals surface area (Å²) in [5, 5.41) is 21.1. The van der Waals surface area contributed by atoms with E-state index in [2.05, 4.69) is 0 Å². The van der Waals surface area contributed by atoms with Crippen LogP contribution in [0.25, 0.3) is 0 Å². The Kier molecular flexibility index (Phi) is 2.89. The van der Waals surface area contributed by atoms with Crippen LogP contribution in [0.1, 0.15) is 27.2 Å². The number of ether oxygens (including phenoxy) is 2.